The van der Waals surface area contributed by atoms with Gasteiger partial charge >= 0.3 is 0 Å². The summed E-state index contributed by atoms with van der Waals surface area (Å²) in [7, 11) is 0. The molecule has 132 valence electrons. The second kappa shape index (κ2) is 6.29. The molecule has 5 heterocycles. The monoisotopic (exact) mass is 349 g/mol. The number of aromatic nitrogens is 4. The quantitative estimate of drug-likeness (QED) is 0.680. The van der Waals surface area contributed by atoms with Gasteiger partial charge in [0.1, 0.15) is 5.69 Å². The number of fused-ring (bicyclic) bond motifs is 3. The normalized spacial score (nSPS) is 24.7. The van der Waals surface area contributed by atoms with Crippen LogP contribution < -0.4 is 0 Å². The van der Waals surface area contributed by atoms with Gasteiger partial charge in [-0.25, -0.2) is 9.67 Å². The summed E-state index contributed by atoms with van der Waals surface area (Å²) >= 11 is 0. The van der Waals surface area contributed by atoms with Crippen LogP contribution in [0.2, 0.25) is 0 Å². The fraction of sp³-hybridized carbons (Fsp3) is 0.350. The molecule has 6 rings (SSSR count). The molecular weight excluding hydrogens is 329 g/mol. The Morgan fingerprint density at radius 3 is 2.58 bits per heavy atom. The molecule has 0 spiro atoms. The van der Waals surface area contributed by atoms with Gasteiger partial charge in [-0.3, -0.25) is 0 Å². The van der Waals surface area contributed by atoms with Crippen LogP contribution in [0.3, 0.4) is 0 Å². The summed E-state index contributed by atoms with van der Waals surface area (Å²) in [5, 5.41) is 8.84. The lowest BCUT2D eigenvalue weighted by Crippen LogP contribution is -2.48. The molecule has 0 aliphatic carbocycles. The molecule has 0 radical (unpaired) electrons. The molecule has 1 aromatic carbocycles. The number of pyridine rings is 1. The fourth-order valence-corrected chi connectivity index (χ4v) is 4.21. The van der Waals surface area contributed by atoms with E-state index in [0.717, 1.165) is 28.9 Å². The highest BCUT2D eigenvalue weighted by atomic mass is 19.1. The number of hydrogen-bond donors (Lipinski definition) is 0. The van der Waals surface area contributed by atoms with E-state index in [4.69, 9.17) is 0 Å². The first-order valence-electron chi connectivity index (χ1n) is 9.13. The predicted octanol–water partition coefficient (Wildman–Crippen LogP) is 3.41. The van der Waals surface area contributed by atoms with Crippen LogP contribution in [-0.4, -0.2) is 44.5 Å². The fourth-order valence-electron chi connectivity index (χ4n) is 4.21. The lowest BCUT2D eigenvalue weighted by Gasteiger charge is -2.44. The van der Waals surface area contributed by atoms with Crippen molar-refractivity contribution in [3.63, 3.8) is 0 Å². The van der Waals surface area contributed by atoms with Crippen molar-refractivity contribution in [3.8, 4) is 22.4 Å². The molecule has 1 atom stereocenters. The van der Waals surface area contributed by atoms with E-state index in [1.807, 2.05) is 18.2 Å². The standard InChI is InChI=1S/C20H20FN5/c21-20-5-4-17(11-22-20)15-2-1-3-16(10-15)18-12-26(24-23-18)19-13-25-8-6-14(19)7-9-25/h1-5,10-12,14,19H,6-9,13H2. The Kier molecular flexibility index (Phi) is 3.78. The molecule has 5 nitrogen and oxygen atoms in total. The SMILES string of the molecule is Fc1ccc(-c2cccc(-c3cn(C4CN5CCC4CC5)nn3)c2)cn1. The van der Waals surface area contributed by atoms with Gasteiger partial charge in [-0.1, -0.05) is 23.4 Å². The highest BCUT2D eigenvalue weighted by Gasteiger charge is 2.35. The summed E-state index contributed by atoms with van der Waals surface area (Å²) in [6, 6.07) is 11.6. The number of piperidine rings is 3. The lowest BCUT2D eigenvalue weighted by atomic mass is 9.84. The molecule has 3 aromatic rings. The highest BCUT2D eigenvalue weighted by Crippen LogP contribution is 2.35. The maximum Gasteiger partial charge on any atom is 0.212 e. The average molecular weight is 349 g/mol. The molecule has 0 amide bonds. The third-order valence-corrected chi connectivity index (χ3v) is 5.69. The minimum absolute atomic E-state index is 0.434. The van der Waals surface area contributed by atoms with Crippen LogP contribution in [0.25, 0.3) is 22.4 Å². The number of hydrogen-bond acceptors (Lipinski definition) is 4. The zero-order chi connectivity index (χ0) is 17.5. The van der Waals surface area contributed by atoms with E-state index in [1.165, 1.54) is 32.0 Å². The summed E-state index contributed by atoms with van der Waals surface area (Å²) in [6.07, 6.45) is 6.13. The number of benzene rings is 1. The molecule has 3 aliphatic heterocycles. The minimum atomic E-state index is -0.467. The van der Waals surface area contributed by atoms with Gasteiger partial charge in [-0.2, -0.15) is 4.39 Å². The molecule has 1 unspecified atom stereocenters. The molecule has 2 aromatic heterocycles. The van der Waals surface area contributed by atoms with Crippen molar-refractivity contribution in [2.45, 2.75) is 18.9 Å². The third-order valence-electron chi connectivity index (χ3n) is 5.69. The number of rotatable bonds is 3. The molecule has 6 heteroatoms. The summed E-state index contributed by atoms with van der Waals surface area (Å²) in [6.45, 7) is 3.52. The molecule has 0 saturated carbocycles. The van der Waals surface area contributed by atoms with Crippen molar-refractivity contribution < 1.29 is 4.39 Å². The van der Waals surface area contributed by atoms with Crippen LogP contribution in [0, 0.1) is 11.9 Å². The summed E-state index contributed by atoms with van der Waals surface area (Å²) in [5.41, 5.74) is 3.77. The molecule has 3 aliphatic rings. The summed E-state index contributed by atoms with van der Waals surface area (Å²) in [5.74, 6) is 0.247. The second-order valence-corrected chi connectivity index (χ2v) is 7.24. The maximum atomic E-state index is 13.1. The first-order chi connectivity index (χ1) is 12.8. The molecular formula is C20H20FN5. The van der Waals surface area contributed by atoms with Crippen LogP contribution in [0.1, 0.15) is 18.9 Å². The topological polar surface area (TPSA) is 46.8 Å². The van der Waals surface area contributed by atoms with Crippen LogP contribution in [0.15, 0.2) is 48.8 Å². The summed E-state index contributed by atoms with van der Waals surface area (Å²) < 4.78 is 15.1. The molecule has 3 saturated heterocycles. The number of nitrogens with zero attached hydrogens (tertiary/aromatic N) is 5. The van der Waals surface area contributed by atoms with E-state index < -0.39 is 5.95 Å². The van der Waals surface area contributed by atoms with Crippen molar-refractivity contribution >= 4 is 0 Å². The van der Waals surface area contributed by atoms with Gasteiger partial charge in [0, 0.05) is 23.9 Å². The van der Waals surface area contributed by atoms with Gasteiger partial charge in [0.05, 0.1) is 12.2 Å². The lowest BCUT2D eigenvalue weighted by molar-refractivity contribution is 0.0504. The molecule has 3 fully saturated rings. The second-order valence-electron chi connectivity index (χ2n) is 7.24. The van der Waals surface area contributed by atoms with Gasteiger partial charge in [0.25, 0.3) is 0 Å². The molecule has 26 heavy (non-hydrogen) atoms. The average Bonchev–Trinajstić information content (AvgIpc) is 3.20. The van der Waals surface area contributed by atoms with Crippen molar-refractivity contribution in [1.82, 2.24) is 24.9 Å². The Balaban J connectivity index is 1.43. The Bertz CT molecular complexity index is 912. The van der Waals surface area contributed by atoms with Crippen LogP contribution in [0.4, 0.5) is 4.39 Å². The van der Waals surface area contributed by atoms with Crippen LogP contribution >= 0.6 is 0 Å². The zero-order valence-corrected chi connectivity index (χ0v) is 14.4. The van der Waals surface area contributed by atoms with Crippen molar-refractivity contribution in [3.05, 3.63) is 54.7 Å². The maximum absolute atomic E-state index is 13.1. The Morgan fingerprint density at radius 2 is 1.85 bits per heavy atom. The first kappa shape index (κ1) is 15.6. The van der Waals surface area contributed by atoms with Crippen molar-refractivity contribution in [2.24, 2.45) is 5.92 Å². The van der Waals surface area contributed by atoms with E-state index in [2.05, 4.69) is 37.1 Å². The minimum Gasteiger partial charge on any atom is -0.301 e. The van der Waals surface area contributed by atoms with E-state index in [0.29, 0.717) is 12.0 Å². The Labute approximate surface area is 151 Å². The first-order valence-corrected chi connectivity index (χ1v) is 9.13. The smallest absolute Gasteiger partial charge is 0.212 e. The van der Waals surface area contributed by atoms with Gasteiger partial charge in [0.15, 0.2) is 0 Å². The van der Waals surface area contributed by atoms with E-state index in [9.17, 15) is 4.39 Å². The van der Waals surface area contributed by atoms with Gasteiger partial charge in [-0.15, -0.1) is 5.10 Å². The van der Waals surface area contributed by atoms with Gasteiger partial charge in [-0.05, 0) is 55.6 Å². The summed E-state index contributed by atoms with van der Waals surface area (Å²) in [4.78, 5) is 6.26. The number of halogens is 1. The zero-order valence-electron chi connectivity index (χ0n) is 14.4. The van der Waals surface area contributed by atoms with Crippen molar-refractivity contribution in [1.29, 1.82) is 0 Å². The van der Waals surface area contributed by atoms with Crippen molar-refractivity contribution in [2.75, 3.05) is 19.6 Å². The predicted molar refractivity (Wildman–Crippen MR) is 96.8 cm³/mol. The van der Waals surface area contributed by atoms with E-state index in [1.54, 1.807) is 12.3 Å². The Morgan fingerprint density at radius 1 is 1.00 bits per heavy atom. The highest BCUT2D eigenvalue weighted by molar-refractivity contribution is 5.70. The van der Waals surface area contributed by atoms with Crippen LogP contribution in [0.5, 0.6) is 0 Å². The molecule has 2 bridgehead atoms. The van der Waals surface area contributed by atoms with Crippen LogP contribution in [-0.2, 0) is 0 Å². The van der Waals surface area contributed by atoms with Gasteiger partial charge in [0.2, 0.25) is 5.95 Å². The van der Waals surface area contributed by atoms with E-state index in [-0.39, 0.29) is 0 Å². The largest absolute Gasteiger partial charge is 0.301 e. The Hall–Kier alpha value is -2.60. The van der Waals surface area contributed by atoms with Gasteiger partial charge < -0.3 is 4.90 Å². The molecule has 0 N–H and O–H groups in total. The third kappa shape index (κ3) is 2.80. The van der Waals surface area contributed by atoms with E-state index >= 15 is 0 Å².